The zero-order valence-corrected chi connectivity index (χ0v) is 20.0. The van der Waals surface area contributed by atoms with Crippen LogP contribution in [0.15, 0.2) is 48.7 Å². The number of hydrogen-bond acceptors (Lipinski definition) is 5. The number of sulfonamides is 1. The summed E-state index contributed by atoms with van der Waals surface area (Å²) in [5, 5.41) is 3.02. The van der Waals surface area contributed by atoms with Crippen molar-refractivity contribution in [1.82, 2.24) is 14.7 Å². The maximum atomic E-state index is 13.1. The van der Waals surface area contributed by atoms with Gasteiger partial charge < -0.3 is 10.2 Å². The van der Waals surface area contributed by atoms with Crippen LogP contribution in [0.1, 0.15) is 41.7 Å². The van der Waals surface area contributed by atoms with Gasteiger partial charge in [-0.1, -0.05) is 6.07 Å². The van der Waals surface area contributed by atoms with Gasteiger partial charge in [0.15, 0.2) is 5.69 Å². The van der Waals surface area contributed by atoms with Gasteiger partial charge in [0.05, 0.1) is 6.26 Å². The Kier molecular flexibility index (Phi) is 6.67. The highest BCUT2D eigenvalue weighted by Gasteiger charge is 2.34. The monoisotopic (exact) mass is 509 g/mol. The van der Waals surface area contributed by atoms with E-state index in [-0.39, 0.29) is 23.6 Å². The molecule has 1 aliphatic rings. The molecule has 3 aromatic rings. The average Bonchev–Trinajstić information content (AvgIpc) is 3.24. The van der Waals surface area contributed by atoms with Crippen molar-refractivity contribution >= 4 is 33.1 Å². The van der Waals surface area contributed by atoms with Crippen LogP contribution in [0.5, 0.6) is 0 Å². The summed E-state index contributed by atoms with van der Waals surface area (Å²) in [7, 11) is -1.53. The van der Waals surface area contributed by atoms with Gasteiger partial charge in [-0.3, -0.25) is 13.9 Å². The van der Waals surface area contributed by atoms with E-state index in [4.69, 9.17) is 0 Å². The Balaban J connectivity index is 1.36. The Labute approximate surface area is 201 Å². The van der Waals surface area contributed by atoms with Crippen LogP contribution in [0.4, 0.5) is 24.7 Å². The molecule has 0 radical (unpaired) electrons. The summed E-state index contributed by atoms with van der Waals surface area (Å²) in [6, 6.07) is 11.3. The number of imidazole rings is 1. The number of aromatic nitrogens is 2. The van der Waals surface area contributed by atoms with Crippen molar-refractivity contribution in [2.24, 2.45) is 0 Å². The predicted molar refractivity (Wildman–Crippen MR) is 127 cm³/mol. The second kappa shape index (κ2) is 9.40. The van der Waals surface area contributed by atoms with Crippen molar-refractivity contribution in [2.75, 3.05) is 22.9 Å². The van der Waals surface area contributed by atoms with Crippen LogP contribution < -0.4 is 14.9 Å². The number of fused-ring (bicyclic) bond motifs is 1. The highest BCUT2D eigenvalue weighted by atomic mass is 32.2. The fraction of sp³-hybridized carbons (Fsp3) is 0.391. The molecule has 0 spiro atoms. The van der Waals surface area contributed by atoms with Crippen molar-refractivity contribution in [2.45, 2.75) is 43.9 Å². The average molecular weight is 510 g/mol. The zero-order valence-electron chi connectivity index (χ0n) is 19.2. The minimum atomic E-state index is -4.51. The van der Waals surface area contributed by atoms with Gasteiger partial charge in [0.25, 0.3) is 5.91 Å². The van der Waals surface area contributed by atoms with Crippen LogP contribution in [-0.2, 0) is 16.2 Å². The number of hydrogen-bond donors (Lipinski definition) is 2. The molecule has 0 atom stereocenters. The van der Waals surface area contributed by atoms with E-state index in [0.717, 1.165) is 38.1 Å². The molecule has 0 saturated heterocycles. The van der Waals surface area contributed by atoms with E-state index in [2.05, 4.69) is 15.0 Å². The van der Waals surface area contributed by atoms with Crippen LogP contribution in [0.2, 0.25) is 0 Å². The zero-order chi connectivity index (χ0) is 25.4. The molecular weight excluding hydrogens is 483 g/mol. The summed E-state index contributed by atoms with van der Waals surface area (Å²) in [4.78, 5) is 18.3. The van der Waals surface area contributed by atoms with Gasteiger partial charge in [-0.2, -0.15) is 13.2 Å². The van der Waals surface area contributed by atoms with E-state index in [1.807, 2.05) is 11.9 Å². The highest BCUT2D eigenvalue weighted by molar-refractivity contribution is 7.92. The summed E-state index contributed by atoms with van der Waals surface area (Å²) in [5.74, 6) is 0.386. The van der Waals surface area contributed by atoms with E-state index in [9.17, 15) is 26.4 Å². The second-order valence-corrected chi connectivity index (χ2v) is 10.5. The lowest BCUT2D eigenvalue weighted by molar-refractivity contribution is -0.140. The predicted octanol–water partition coefficient (Wildman–Crippen LogP) is 3.90. The quantitative estimate of drug-likeness (QED) is 0.526. The Morgan fingerprint density at radius 3 is 2.34 bits per heavy atom. The molecule has 0 unspecified atom stereocenters. The van der Waals surface area contributed by atoms with E-state index >= 15 is 0 Å². The molecule has 8 nitrogen and oxygen atoms in total. The van der Waals surface area contributed by atoms with Gasteiger partial charge in [-0.05, 0) is 62.1 Å². The number of amides is 1. The van der Waals surface area contributed by atoms with E-state index in [0.29, 0.717) is 17.1 Å². The summed E-state index contributed by atoms with van der Waals surface area (Å²) >= 11 is 0. The number of anilines is 2. The molecule has 1 saturated carbocycles. The fourth-order valence-electron chi connectivity index (χ4n) is 4.39. The molecule has 0 bridgehead atoms. The number of pyridine rings is 1. The lowest BCUT2D eigenvalue weighted by atomic mass is 9.90. The maximum absolute atomic E-state index is 13.1. The smallest absolute Gasteiger partial charge is 0.358 e. The van der Waals surface area contributed by atoms with E-state index < -0.39 is 21.9 Å². The van der Waals surface area contributed by atoms with Crippen LogP contribution >= 0.6 is 0 Å². The summed E-state index contributed by atoms with van der Waals surface area (Å²) < 4.78 is 65.8. The number of carbonyl (C=O) groups excluding carboxylic acids is 1. The molecular formula is C23H26F3N5O3S. The molecule has 1 aromatic carbocycles. The number of carbonyl (C=O) groups is 1. The standard InChI is InChI=1S/C23H26F3N5O3S/c1-30(21-5-3-4-20-28-19(14-31(20)21)23(24,25)26)18-12-10-16(11-13-18)27-22(32)15-6-8-17(9-7-15)29-35(2,33)34/h3-9,14,16,18,29H,10-13H2,1-2H3,(H,27,32). The molecule has 2 aromatic heterocycles. The van der Waals surface area contributed by atoms with E-state index in [1.165, 1.54) is 16.5 Å². The lowest BCUT2D eigenvalue weighted by Crippen LogP contribution is -2.43. The largest absolute Gasteiger partial charge is 0.434 e. The van der Waals surface area contributed by atoms with Gasteiger partial charge in [0.1, 0.15) is 11.5 Å². The number of nitrogens with zero attached hydrogens (tertiary/aromatic N) is 3. The topological polar surface area (TPSA) is 95.8 Å². The summed E-state index contributed by atoms with van der Waals surface area (Å²) in [5.41, 5.74) is 0.115. The Hall–Kier alpha value is -3.28. The normalized spacial score (nSPS) is 18.9. The molecule has 0 aliphatic heterocycles. The molecule has 2 N–H and O–H groups in total. The van der Waals surface area contributed by atoms with E-state index in [1.54, 1.807) is 30.3 Å². The fourth-order valence-corrected chi connectivity index (χ4v) is 4.95. The number of rotatable bonds is 6. The lowest BCUT2D eigenvalue weighted by Gasteiger charge is -2.36. The second-order valence-electron chi connectivity index (χ2n) is 8.78. The summed E-state index contributed by atoms with van der Waals surface area (Å²) in [6.45, 7) is 0. The van der Waals surface area contributed by atoms with Crippen molar-refractivity contribution < 1.29 is 26.4 Å². The first kappa shape index (κ1) is 24.8. The molecule has 2 heterocycles. The van der Waals surface area contributed by atoms with Crippen molar-refractivity contribution in [3.05, 3.63) is 59.9 Å². The van der Waals surface area contributed by atoms with Crippen LogP contribution in [-0.4, -0.2) is 49.1 Å². The SMILES string of the molecule is CN(c1cccc2nc(C(F)(F)F)cn12)C1CCC(NC(=O)c2ccc(NS(C)(=O)=O)cc2)CC1. The van der Waals surface area contributed by atoms with Crippen molar-refractivity contribution in [1.29, 1.82) is 0 Å². The van der Waals surface area contributed by atoms with Crippen LogP contribution in [0.3, 0.4) is 0 Å². The van der Waals surface area contributed by atoms with Gasteiger partial charge in [-0.25, -0.2) is 13.4 Å². The Bertz CT molecular complexity index is 1310. The Morgan fingerprint density at radius 1 is 1.09 bits per heavy atom. The van der Waals surface area contributed by atoms with Gasteiger partial charge >= 0.3 is 6.18 Å². The highest BCUT2D eigenvalue weighted by Crippen LogP contribution is 2.31. The third kappa shape index (κ3) is 5.87. The first-order chi connectivity index (χ1) is 16.4. The number of nitrogens with one attached hydrogen (secondary N) is 2. The summed E-state index contributed by atoms with van der Waals surface area (Å²) in [6.07, 6.45) is 0.527. The Morgan fingerprint density at radius 2 is 1.74 bits per heavy atom. The molecule has 1 aliphatic carbocycles. The van der Waals surface area contributed by atoms with Gasteiger partial charge in [0, 0.05) is 36.6 Å². The molecule has 35 heavy (non-hydrogen) atoms. The molecule has 4 rings (SSSR count). The molecule has 1 fully saturated rings. The molecule has 188 valence electrons. The third-order valence-corrected chi connectivity index (χ3v) is 6.76. The number of benzene rings is 1. The minimum absolute atomic E-state index is 0.0261. The first-order valence-electron chi connectivity index (χ1n) is 11.1. The van der Waals surface area contributed by atoms with Crippen LogP contribution in [0, 0.1) is 0 Å². The van der Waals surface area contributed by atoms with Crippen molar-refractivity contribution in [3.8, 4) is 0 Å². The maximum Gasteiger partial charge on any atom is 0.434 e. The third-order valence-electron chi connectivity index (χ3n) is 6.15. The number of alkyl halides is 3. The molecule has 12 heteroatoms. The van der Waals surface area contributed by atoms with Crippen LogP contribution in [0.25, 0.3) is 5.65 Å². The minimum Gasteiger partial charge on any atom is -0.358 e. The van der Waals surface area contributed by atoms with Gasteiger partial charge in [-0.15, -0.1) is 0 Å². The van der Waals surface area contributed by atoms with Crippen molar-refractivity contribution in [3.63, 3.8) is 0 Å². The van der Waals surface area contributed by atoms with Gasteiger partial charge in [0.2, 0.25) is 10.0 Å². The number of halogens is 3. The molecule has 1 amide bonds. The first-order valence-corrected chi connectivity index (χ1v) is 13.0.